The first-order valence-corrected chi connectivity index (χ1v) is 12.0. The first kappa shape index (κ1) is 23.7. The highest BCUT2D eigenvalue weighted by molar-refractivity contribution is 5.91. The highest BCUT2D eigenvalue weighted by Gasteiger charge is 2.20. The van der Waals surface area contributed by atoms with Crippen molar-refractivity contribution in [2.45, 2.75) is 60.3 Å². The number of rotatable bonds is 3. The van der Waals surface area contributed by atoms with Gasteiger partial charge in [-0.05, 0) is 75.4 Å². The minimum atomic E-state index is 0.00448. The van der Waals surface area contributed by atoms with E-state index in [9.17, 15) is 5.26 Å². The van der Waals surface area contributed by atoms with Crippen LogP contribution in [0.4, 0.5) is 0 Å². The molecule has 1 heterocycles. The van der Waals surface area contributed by atoms with E-state index in [4.69, 9.17) is 4.98 Å². The number of aryl methyl sites for hydroxylation is 1. The second-order valence-electron chi connectivity index (χ2n) is 11.6. The van der Waals surface area contributed by atoms with Gasteiger partial charge < -0.3 is 0 Å². The fourth-order valence-electron chi connectivity index (χ4n) is 4.75. The van der Waals surface area contributed by atoms with Crippen molar-refractivity contribution in [3.05, 3.63) is 89.1 Å². The number of hydrogen-bond acceptors (Lipinski definition) is 2. The maximum atomic E-state index is 9.84. The van der Waals surface area contributed by atoms with Crippen molar-refractivity contribution in [2.24, 2.45) is 5.41 Å². The van der Waals surface area contributed by atoms with Gasteiger partial charge in [-0.25, -0.2) is 0 Å². The van der Waals surface area contributed by atoms with Gasteiger partial charge in [0, 0.05) is 17.3 Å². The van der Waals surface area contributed by atoms with Gasteiger partial charge in [-0.1, -0.05) is 84.0 Å². The number of nitriles is 1. The van der Waals surface area contributed by atoms with Crippen molar-refractivity contribution in [1.82, 2.24) is 4.98 Å². The van der Waals surface area contributed by atoms with E-state index in [1.54, 1.807) is 6.20 Å². The summed E-state index contributed by atoms with van der Waals surface area (Å²) in [4.78, 5) is 4.71. The average molecular weight is 447 g/mol. The molecule has 0 N–H and O–H groups in total. The Hall–Kier alpha value is -3.44. The van der Waals surface area contributed by atoms with Crippen LogP contribution in [0.5, 0.6) is 0 Å². The van der Waals surface area contributed by atoms with E-state index in [0.717, 1.165) is 28.8 Å². The molecule has 172 valence electrons. The Morgan fingerprint density at radius 2 is 1.59 bits per heavy atom. The SMILES string of the molecule is Cc1cc(CC(C)(C)C)ccc1-c1cc(-c2cc(C(C)(C)C)c3ccccc3c2)ncc1C#N. The van der Waals surface area contributed by atoms with Gasteiger partial charge in [0.05, 0.1) is 11.3 Å². The molecule has 0 aliphatic heterocycles. The van der Waals surface area contributed by atoms with Crippen LogP contribution in [0, 0.1) is 23.7 Å². The van der Waals surface area contributed by atoms with Crippen molar-refractivity contribution in [3.63, 3.8) is 0 Å². The van der Waals surface area contributed by atoms with E-state index >= 15 is 0 Å². The molecular formula is C32H34N2. The summed E-state index contributed by atoms with van der Waals surface area (Å²) in [7, 11) is 0. The number of pyridine rings is 1. The molecule has 0 unspecified atom stereocenters. The van der Waals surface area contributed by atoms with Crippen LogP contribution in [0.1, 0.15) is 63.8 Å². The van der Waals surface area contributed by atoms with Crippen LogP contribution < -0.4 is 0 Å². The van der Waals surface area contributed by atoms with Gasteiger partial charge in [-0.3, -0.25) is 4.98 Å². The van der Waals surface area contributed by atoms with E-state index in [2.05, 4.69) is 115 Å². The fraction of sp³-hybridized carbons (Fsp3) is 0.312. The fourth-order valence-corrected chi connectivity index (χ4v) is 4.75. The first-order valence-electron chi connectivity index (χ1n) is 12.0. The Morgan fingerprint density at radius 1 is 0.853 bits per heavy atom. The van der Waals surface area contributed by atoms with Gasteiger partial charge in [-0.2, -0.15) is 5.26 Å². The minimum absolute atomic E-state index is 0.00448. The number of fused-ring (bicyclic) bond motifs is 1. The Kier molecular flexibility index (Phi) is 6.09. The molecule has 0 saturated heterocycles. The third-order valence-corrected chi connectivity index (χ3v) is 6.31. The van der Waals surface area contributed by atoms with Crippen molar-refractivity contribution in [3.8, 4) is 28.5 Å². The first-order chi connectivity index (χ1) is 16.0. The van der Waals surface area contributed by atoms with Crippen LogP contribution in [-0.2, 0) is 11.8 Å². The molecule has 0 atom stereocenters. The average Bonchev–Trinajstić information content (AvgIpc) is 2.76. The van der Waals surface area contributed by atoms with E-state index in [1.165, 1.54) is 27.5 Å². The number of benzene rings is 3. The molecular weight excluding hydrogens is 412 g/mol. The molecule has 2 heteroatoms. The molecule has 0 aliphatic rings. The molecule has 0 radical (unpaired) electrons. The topological polar surface area (TPSA) is 36.7 Å². The van der Waals surface area contributed by atoms with E-state index in [-0.39, 0.29) is 10.8 Å². The van der Waals surface area contributed by atoms with E-state index in [1.807, 2.05) is 0 Å². The number of aromatic nitrogens is 1. The monoisotopic (exact) mass is 446 g/mol. The Balaban J connectivity index is 1.87. The summed E-state index contributed by atoms with van der Waals surface area (Å²) in [5, 5.41) is 12.3. The largest absolute Gasteiger partial charge is 0.255 e. The van der Waals surface area contributed by atoms with Gasteiger partial charge >= 0.3 is 0 Å². The van der Waals surface area contributed by atoms with Crippen molar-refractivity contribution >= 4 is 10.8 Å². The highest BCUT2D eigenvalue weighted by atomic mass is 14.7. The lowest BCUT2D eigenvalue weighted by Crippen LogP contribution is -2.12. The lowest BCUT2D eigenvalue weighted by atomic mass is 9.82. The second kappa shape index (κ2) is 8.73. The molecule has 0 saturated carbocycles. The second-order valence-corrected chi connectivity index (χ2v) is 11.6. The minimum Gasteiger partial charge on any atom is -0.255 e. The maximum absolute atomic E-state index is 9.84. The van der Waals surface area contributed by atoms with Gasteiger partial charge in [-0.15, -0.1) is 0 Å². The van der Waals surface area contributed by atoms with Crippen molar-refractivity contribution < 1.29 is 0 Å². The van der Waals surface area contributed by atoms with E-state index in [0.29, 0.717) is 5.56 Å². The van der Waals surface area contributed by atoms with Gasteiger partial charge in [0.2, 0.25) is 0 Å². The summed E-state index contributed by atoms with van der Waals surface area (Å²) in [5.41, 5.74) is 8.66. The summed E-state index contributed by atoms with van der Waals surface area (Å²) in [6.45, 7) is 15.7. The van der Waals surface area contributed by atoms with Gasteiger partial charge in [0.1, 0.15) is 6.07 Å². The molecule has 2 nitrogen and oxygen atoms in total. The molecule has 1 aromatic heterocycles. The predicted molar refractivity (Wildman–Crippen MR) is 144 cm³/mol. The summed E-state index contributed by atoms with van der Waals surface area (Å²) in [6, 6.07) is 24.1. The molecule has 0 aliphatic carbocycles. The molecule has 0 bridgehead atoms. The molecule has 0 spiro atoms. The van der Waals surface area contributed by atoms with Crippen LogP contribution in [-0.4, -0.2) is 4.98 Å². The smallest absolute Gasteiger partial charge is 0.101 e. The zero-order chi connectivity index (χ0) is 24.7. The zero-order valence-electron chi connectivity index (χ0n) is 21.5. The molecule has 4 aromatic rings. The molecule has 4 rings (SSSR count). The normalized spacial score (nSPS) is 12.1. The van der Waals surface area contributed by atoms with Crippen LogP contribution in [0.2, 0.25) is 0 Å². The standard InChI is InChI=1S/C32H34N2/c1-21-14-22(18-31(2,3)4)12-13-26(21)28-17-30(34-20-25(28)19-33)24-15-23-10-8-9-11-27(23)29(16-24)32(5,6)7/h8-17,20H,18H2,1-7H3. The number of hydrogen-bond donors (Lipinski definition) is 0. The Bertz CT molecular complexity index is 1410. The molecule has 3 aromatic carbocycles. The summed E-state index contributed by atoms with van der Waals surface area (Å²) >= 11 is 0. The quantitative estimate of drug-likeness (QED) is 0.316. The summed E-state index contributed by atoms with van der Waals surface area (Å²) < 4.78 is 0. The predicted octanol–water partition coefficient (Wildman–Crippen LogP) is 8.64. The van der Waals surface area contributed by atoms with Crippen molar-refractivity contribution in [1.29, 1.82) is 5.26 Å². The van der Waals surface area contributed by atoms with Crippen LogP contribution in [0.15, 0.2) is 66.9 Å². The summed E-state index contributed by atoms with van der Waals surface area (Å²) in [6.07, 6.45) is 2.74. The summed E-state index contributed by atoms with van der Waals surface area (Å²) in [5.74, 6) is 0. The Morgan fingerprint density at radius 3 is 2.24 bits per heavy atom. The highest BCUT2D eigenvalue weighted by Crippen LogP contribution is 2.36. The zero-order valence-corrected chi connectivity index (χ0v) is 21.5. The maximum Gasteiger partial charge on any atom is 0.101 e. The van der Waals surface area contributed by atoms with Crippen LogP contribution >= 0.6 is 0 Å². The molecule has 34 heavy (non-hydrogen) atoms. The van der Waals surface area contributed by atoms with Crippen LogP contribution in [0.3, 0.4) is 0 Å². The van der Waals surface area contributed by atoms with Crippen molar-refractivity contribution in [2.75, 3.05) is 0 Å². The lowest BCUT2D eigenvalue weighted by molar-refractivity contribution is 0.411. The van der Waals surface area contributed by atoms with E-state index < -0.39 is 0 Å². The molecule has 0 fully saturated rings. The van der Waals surface area contributed by atoms with Crippen LogP contribution in [0.25, 0.3) is 33.2 Å². The third kappa shape index (κ3) is 4.90. The third-order valence-electron chi connectivity index (χ3n) is 6.31. The van der Waals surface area contributed by atoms with Gasteiger partial charge in [0.25, 0.3) is 0 Å². The van der Waals surface area contributed by atoms with Gasteiger partial charge in [0.15, 0.2) is 0 Å². The lowest BCUT2D eigenvalue weighted by Gasteiger charge is -2.23. The molecule has 0 amide bonds. The Labute approximate surface area is 204 Å². The number of nitrogens with zero attached hydrogens (tertiary/aromatic N) is 2.